The minimum Gasteiger partial charge on any atom is -0.512 e. The van der Waals surface area contributed by atoms with Gasteiger partial charge >= 0.3 is 7.32 Å². The molecule has 2 N–H and O–H groups in total. The van der Waals surface area contributed by atoms with Crippen molar-refractivity contribution in [3.05, 3.63) is 34.1 Å². The van der Waals surface area contributed by atoms with Gasteiger partial charge < -0.3 is 14.7 Å². The number of benzene rings is 1. The molecule has 0 fully saturated rings. The highest BCUT2D eigenvalue weighted by Crippen LogP contribution is 2.21. The summed E-state index contributed by atoms with van der Waals surface area (Å²) in [4.78, 5) is 9.43. The molecule has 1 aromatic carbocycles. The van der Waals surface area contributed by atoms with Crippen LogP contribution in [0.15, 0.2) is 18.2 Å². The lowest BCUT2D eigenvalue weighted by Crippen LogP contribution is -2.20. The van der Waals surface area contributed by atoms with E-state index >= 15 is 0 Å². The molecule has 0 amide bonds. The van der Waals surface area contributed by atoms with E-state index in [0.717, 1.165) is 12.1 Å². The first-order valence-electron chi connectivity index (χ1n) is 3.47. The number of rotatable bonds is 3. The highest BCUT2D eigenvalue weighted by Gasteiger charge is 2.15. The molecule has 0 saturated heterocycles. The number of hydrogen-bond donors (Lipinski definition) is 2. The monoisotopic (exact) mass is 201 g/mol. The Hall–Kier alpha value is -1.67. The van der Waals surface area contributed by atoms with Crippen molar-refractivity contribution < 1.29 is 24.0 Å². The van der Waals surface area contributed by atoms with Gasteiger partial charge in [0, 0.05) is 6.07 Å². The van der Waals surface area contributed by atoms with Gasteiger partial charge in [0.25, 0.3) is 5.69 Å². The second kappa shape index (κ2) is 4.03. The Labute approximate surface area is 77.9 Å². The van der Waals surface area contributed by atoms with E-state index in [9.17, 15) is 14.5 Å². The molecule has 0 unspecified atom stereocenters. The van der Waals surface area contributed by atoms with E-state index in [4.69, 9.17) is 10.0 Å². The van der Waals surface area contributed by atoms with Crippen LogP contribution < -0.4 is 4.65 Å². The van der Waals surface area contributed by atoms with E-state index in [-0.39, 0.29) is 5.75 Å². The Morgan fingerprint density at radius 3 is 2.57 bits per heavy atom. The molecule has 6 nitrogen and oxygen atoms in total. The van der Waals surface area contributed by atoms with Crippen LogP contribution in [0.3, 0.4) is 0 Å². The Balaban J connectivity index is 3.01. The lowest BCUT2D eigenvalue weighted by molar-refractivity contribution is -0.385. The summed E-state index contributed by atoms with van der Waals surface area (Å²) in [7, 11) is -2.14. The molecule has 0 aliphatic heterocycles. The molecule has 0 saturated carbocycles. The summed E-state index contributed by atoms with van der Waals surface area (Å²) in [6.45, 7) is 0. The van der Waals surface area contributed by atoms with Gasteiger partial charge in [0.15, 0.2) is 0 Å². The normalized spacial score (nSPS) is 9.64. The van der Waals surface area contributed by atoms with Crippen LogP contribution in [0.1, 0.15) is 0 Å². The molecule has 0 aliphatic rings. The van der Waals surface area contributed by atoms with Crippen LogP contribution in [0.4, 0.5) is 10.1 Å². The minimum atomic E-state index is -2.14. The molecular weight excluding hydrogens is 196 g/mol. The molecule has 0 radical (unpaired) electrons. The maximum Gasteiger partial charge on any atom is 0.707 e. The fraction of sp³-hybridized carbons (Fsp3) is 0. The summed E-state index contributed by atoms with van der Waals surface area (Å²) < 4.78 is 16.9. The second-order valence-corrected chi connectivity index (χ2v) is 2.35. The first kappa shape index (κ1) is 10.4. The van der Waals surface area contributed by atoms with Crippen LogP contribution in [-0.2, 0) is 0 Å². The Kier molecular flexibility index (Phi) is 3.00. The molecule has 0 aromatic heterocycles. The van der Waals surface area contributed by atoms with Crippen LogP contribution in [0.2, 0.25) is 0 Å². The highest BCUT2D eigenvalue weighted by atomic mass is 19.1. The maximum absolute atomic E-state index is 12.7. The van der Waals surface area contributed by atoms with Crippen molar-refractivity contribution in [1.29, 1.82) is 0 Å². The van der Waals surface area contributed by atoms with Crippen LogP contribution >= 0.6 is 0 Å². The number of non-ortho nitro benzene ring substituents is 1. The van der Waals surface area contributed by atoms with E-state index in [0.29, 0.717) is 6.07 Å². The first-order chi connectivity index (χ1) is 6.49. The van der Waals surface area contributed by atoms with Gasteiger partial charge in [0.2, 0.25) is 0 Å². The van der Waals surface area contributed by atoms with Crippen LogP contribution in [0.25, 0.3) is 0 Å². The molecule has 8 heteroatoms. The topological polar surface area (TPSA) is 92.8 Å². The number of hydrogen-bond acceptors (Lipinski definition) is 5. The largest absolute Gasteiger partial charge is 0.707 e. The maximum atomic E-state index is 12.7. The second-order valence-electron chi connectivity index (χ2n) is 2.35. The Bertz CT molecular complexity index is 358. The quantitative estimate of drug-likeness (QED) is 0.410. The van der Waals surface area contributed by atoms with Crippen molar-refractivity contribution in [1.82, 2.24) is 0 Å². The molecule has 0 bridgehead atoms. The van der Waals surface area contributed by atoms with Crippen molar-refractivity contribution in [2.45, 2.75) is 0 Å². The zero-order valence-corrected chi connectivity index (χ0v) is 6.75. The van der Waals surface area contributed by atoms with E-state index in [1.54, 1.807) is 0 Å². The summed E-state index contributed by atoms with van der Waals surface area (Å²) >= 11 is 0. The van der Waals surface area contributed by atoms with Crippen molar-refractivity contribution in [3.63, 3.8) is 0 Å². The lowest BCUT2D eigenvalue weighted by Gasteiger charge is -2.03. The SMILES string of the molecule is O=[N+]([O-])c1cc(F)cc(OB(O)O)c1. The molecular formula is C6H5BFNO5. The zero-order chi connectivity index (χ0) is 10.7. The zero-order valence-electron chi connectivity index (χ0n) is 6.75. The fourth-order valence-corrected chi connectivity index (χ4v) is 0.843. The predicted molar refractivity (Wildman–Crippen MR) is 43.9 cm³/mol. The smallest absolute Gasteiger partial charge is 0.512 e. The van der Waals surface area contributed by atoms with Gasteiger partial charge in [-0.05, 0) is 0 Å². The number of halogens is 1. The van der Waals surface area contributed by atoms with Gasteiger partial charge in [-0.15, -0.1) is 0 Å². The molecule has 0 spiro atoms. The van der Waals surface area contributed by atoms with Gasteiger partial charge in [-0.2, -0.15) is 0 Å². The van der Waals surface area contributed by atoms with Crippen molar-refractivity contribution in [3.8, 4) is 5.75 Å². The molecule has 1 aromatic rings. The average Bonchev–Trinajstić information content (AvgIpc) is 2.01. The molecule has 0 atom stereocenters. The summed E-state index contributed by atoms with van der Waals surface area (Å²) in [6, 6.07) is 2.37. The minimum absolute atomic E-state index is 0.327. The third-order valence-corrected chi connectivity index (χ3v) is 1.31. The van der Waals surface area contributed by atoms with E-state index in [1.807, 2.05) is 0 Å². The number of nitrogens with zero attached hydrogens (tertiary/aromatic N) is 1. The Morgan fingerprint density at radius 2 is 2.07 bits per heavy atom. The number of nitro groups is 1. The molecule has 0 aliphatic carbocycles. The van der Waals surface area contributed by atoms with E-state index < -0.39 is 23.7 Å². The van der Waals surface area contributed by atoms with E-state index in [1.165, 1.54) is 0 Å². The predicted octanol–water partition coefficient (Wildman–Crippen LogP) is 0.0822. The van der Waals surface area contributed by atoms with Crippen molar-refractivity contribution >= 4 is 13.0 Å². The van der Waals surface area contributed by atoms with Gasteiger partial charge in [-0.3, -0.25) is 10.1 Å². The first-order valence-corrected chi connectivity index (χ1v) is 3.47. The highest BCUT2D eigenvalue weighted by molar-refractivity contribution is 6.33. The van der Waals surface area contributed by atoms with Crippen LogP contribution in [0, 0.1) is 15.9 Å². The van der Waals surface area contributed by atoms with Gasteiger partial charge in [-0.25, -0.2) is 4.39 Å². The average molecular weight is 201 g/mol. The third kappa shape index (κ3) is 2.68. The fourth-order valence-electron chi connectivity index (χ4n) is 0.843. The van der Waals surface area contributed by atoms with E-state index in [2.05, 4.69) is 4.65 Å². The molecule has 14 heavy (non-hydrogen) atoms. The van der Waals surface area contributed by atoms with Crippen LogP contribution in [-0.4, -0.2) is 22.3 Å². The lowest BCUT2D eigenvalue weighted by atomic mass is 10.2. The van der Waals surface area contributed by atoms with Gasteiger partial charge in [0.1, 0.15) is 11.6 Å². The van der Waals surface area contributed by atoms with Crippen molar-refractivity contribution in [2.75, 3.05) is 0 Å². The summed E-state index contributed by atoms with van der Waals surface area (Å²) in [5.41, 5.74) is -0.527. The van der Waals surface area contributed by atoms with Gasteiger partial charge in [0.05, 0.1) is 17.1 Å². The summed E-state index contributed by atoms with van der Waals surface area (Å²) in [6.07, 6.45) is 0. The van der Waals surface area contributed by atoms with Crippen molar-refractivity contribution in [2.24, 2.45) is 0 Å². The summed E-state index contributed by atoms with van der Waals surface area (Å²) in [5, 5.41) is 27.0. The van der Waals surface area contributed by atoms with Crippen LogP contribution in [0.5, 0.6) is 5.75 Å². The molecule has 74 valence electrons. The van der Waals surface area contributed by atoms with Gasteiger partial charge in [-0.1, -0.05) is 0 Å². The number of nitro benzene ring substituents is 1. The molecule has 0 heterocycles. The summed E-state index contributed by atoms with van der Waals surface area (Å²) in [5.74, 6) is -1.22. The Morgan fingerprint density at radius 1 is 1.43 bits per heavy atom. The standard InChI is InChI=1S/C6H5BFNO5/c8-4-1-5(9(12)13)3-6(2-4)14-7(10)11/h1-3,10-11H. The third-order valence-electron chi connectivity index (χ3n) is 1.31. The molecule has 1 rings (SSSR count).